The molecule has 53 valence electrons. The monoisotopic (exact) mass is 144 g/mol. The maximum absolute atomic E-state index is 4.11. The summed E-state index contributed by atoms with van der Waals surface area (Å²) in [6.07, 6.45) is 7.91. The van der Waals surface area contributed by atoms with E-state index in [9.17, 15) is 0 Å². The minimum absolute atomic E-state index is 0.838. The summed E-state index contributed by atoms with van der Waals surface area (Å²) in [4.78, 5) is 7.98. The first-order valence-corrected chi connectivity index (χ1v) is 3.28. The van der Waals surface area contributed by atoms with Gasteiger partial charge < -0.3 is 0 Å². The Kier molecular flexibility index (Phi) is 1.41. The molecule has 3 nitrogen and oxygen atoms in total. The molecular weight excluding hydrogens is 138 g/mol. The second-order valence-electron chi connectivity index (χ2n) is 2.08. The van der Waals surface area contributed by atoms with Crippen LogP contribution in [-0.4, -0.2) is 14.5 Å². The number of hydrogen-bond acceptors (Lipinski definition) is 2. The van der Waals surface area contributed by atoms with E-state index < -0.39 is 0 Å². The van der Waals surface area contributed by atoms with Gasteiger partial charge in [-0.25, -0.2) is 9.97 Å². The molecule has 0 aliphatic rings. The molecule has 0 atom stereocenters. The van der Waals surface area contributed by atoms with Gasteiger partial charge >= 0.3 is 0 Å². The van der Waals surface area contributed by atoms with Crippen LogP contribution in [0.4, 0.5) is 0 Å². The molecule has 0 aromatic carbocycles. The summed E-state index contributed by atoms with van der Waals surface area (Å²) in [7, 11) is 0. The third-order valence-electron chi connectivity index (χ3n) is 1.35. The van der Waals surface area contributed by atoms with Crippen molar-refractivity contribution in [2.45, 2.75) is 0 Å². The molecule has 2 rings (SSSR count). The molecule has 0 fully saturated rings. The van der Waals surface area contributed by atoms with Crippen LogP contribution in [0.2, 0.25) is 0 Å². The Hall–Kier alpha value is -1.64. The predicted octanol–water partition coefficient (Wildman–Crippen LogP) is 1.07. The lowest BCUT2D eigenvalue weighted by molar-refractivity contribution is 0.986. The molecule has 0 saturated heterocycles. The van der Waals surface area contributed by atoms with Gasteiger partial charge in [0.05, 0.1) is 12.4 Å². The van der Waals surface area contributed by atoms with Gasteiger partial charge in [-0.1, -0.05) is 6.07 Å². The van der Waals surface area contributed by atoms with E-state index in [-0.39, 0.29) is 0 Å². The summed E-state index contributed by atoms with van der Waals surface area (Å²) in [6.45, 7) is 0. The van der Waals surface area contributed by atoms with E-state index in [0.29, 0.717) is 0 Å². The quantitative estimate of drug-likeness (QED) is 0.599. The van der Waals surface area contributed by atoms with Crippen LogP contribution in [0, 0.1) is 6.20 Å². The molecule has 0 aliphatic heterocycles. The lowest BCUT2D eigenvalue weighted by atomic mass is 10.5. The Bertz CT molecular complexity index is 312. The molecule has 2 aromatic heterocycles. The Balaban J connectivity index is 2.46. The van der Waals surface area contributed by atoms with Crippen LogP contribution in [0.3, 0.4) is 0 Å². The largest absolute Gasteiger partial charge is 0.281 e. The van der Waals surface area contributed by atoms with Gasteiger partial charge in [-0.3, -0.25) is 4.57 Å². The molecule has 0 saturated carbocycles. The van der Waals surface area contributed by atoms with Gasteiger partial charge in [-0.05, 0) is 12.1 Å². The van der Waals surface area contributed by atoms with E-state index in [1.54, 1.807) is 23.3 Å². The molecule has 0 unspecified atom stereocenters. The number of hydrogen-bond donors (Lipinski definition) is 0. The van der Waals surface area contributed by atoms with Crippen LogP contribution in [0.15, 0.2) is 36.9 Å². The van der Waals surface area contributed by atoms with Gasteiger partial charge in [0, 0.05) is 6.20 Å². The first-order chi connectivity index (χ1) is 5.47. The first-order valence-electron chi connectivity index (χ1n) is 3.28. The van der Waals surface area contributed by atoms with Crippen LogP contribution in [0.5, 0.6) is 0 Å². The van der Waals surface area contributed by atoms with Crippen LogP contribution in [0.1, 0.15) is 0 Å². The van der Waals surface area contributed by atoms with Crippen molar-refractivity contribution >= 4 is 0 Å². The zero-order chi connectivity index (χ0) is 7.52. The van der Waals surface area contributed by atoms with Gasteiger partial charge in [-0.2, -0.15) is 0 Å². The van der Waals surface area contributed by atoms with Crippen molar-refractivity contribution in [2.75, 3.05) is 0 Å². The summed E-state index contributed by atoms with van der Waals surface area (Å²) in [5.41, 5.74) is 0. The summed E-state index contributed by atoms with van der Waals surface area (Å²) in [6, 6.07) is 5.70. The average Bonchev–Trinajstić information content (AvgIpc) is 2.58. The summed E-state index contributed by atoms with van der Waals surface area (Å²) >= 11 is 0. The van der Waals surface area contributed by atoms with Crippen molar-refractivity contribution in [1.29, 1.82) is 0 Å². The van der Waals surface area contributed by atoms with E-state index in [1.807, 2.05) is 18.2 Å². The molecule has 0 N–H and O–H groups in total. The summed E-state index contributed by atoms with van der Waals surface area (Å²) in [5.74, 6) is 0.838. The molecule has 0 amide bonds. The maximum atomic E-state index is 4.11. The predicted molar refractivity (Wildman–Crippen MR) is 40.2 cm³/mol. The zero-order valence-corrected chi connectivity index (χ0v) is 5.81. The van der Waals surface area contributed by atoms with Crippen molar-refractivity contribution in [1.82, 2.24) is 14.5 Å². The van der Waals surface area contributed by atoms with Gasteiger partial charge in [-0.15, -0.1) is 0 Å². The van der Waals surface area contributed by atoms with Gasteiger partial charge in [0.1, 0.15) is 12.1 Å². The number of aromatic nitrogens is 3. The standard InChI is InChI=1S/C8H6N3/c1-2-4-10-8(3-1)11-6-5-9-7-11/h1-5,7H. The summed E-state index contributed by atoms with van der Waals surface area (Å²) < 4.78 is 1.74. The molecule has 11 heavy (non-hydrogen) atoms. The topological polar surface area (TPSA) is 30.7 Å². The van der Waals surface area contributed by atoms with Gasteiger partial charge in [0.15, 0.2) is 0 Å². The molecule has 0 bridgehead atoms. The fourth-order valence-corrected chi connectivity index (χ4v) is 0.850. The Morgan fingerprint density at radius 2 is 2.36 bits per heavy atom. The number of rotatable bonds is 1. The highest BCUT2D eigenvalue weighted by Crippen LogP contribution is 1.99. The Morgan fingerprint density at radius 1 is 1.36 bits per heavy atom. The van der Waals surface area contributed by atoms with Crippen LogP contribution in [-0.2, 0) is 0 Å². The van der Waals surface area contributed by atoms with E-state index in [0.717, 1.165) is 5.82 Å². The van der Waals surface area contributed by atoms with Gasteiger partial charge in [0.2, 0.25) is 0 Å². The molecular formula is C8H6N3. The van der Waals surface area contributed by atoms with Crippen molar-refractivity contribution in [3.8, 4) is 5.82 Å². The third kappa shape index (κ3) is 1.12. The third-order valence-corrected chi connectivity index (χ3v) is 1.35. The van der Waals surface area contributed by atoms with E-state index in [1.165, 1.54) is 0 Å². The zero-order valence-electron chi connectivity index (χ0n) is 5.81. The second kappa shape index (κ2) is 2.54. The Labute approximate surface area is 64.3 Å². The fraction of sp³-hybridized carbons (Fsp3) is 0. The summed E-state index contributed by atoms with van der Waals surface area (Å²) in [5, 5.41) is 0. The second-order valence-corrected chi connectivity index (χ2v) is 2.08. The molecule has 2 heterocycles. The lowest BCUT2D eigenvalue weighted by Gasteiger charge is -1.96. The normalized spacial score (nSPS) is 9.82. The SMILES string of the molecule is [c]1cncn1-c1ccccn1. The molecule has 2 aromatic rings. The smallest absolute Gasteiger partial charge is 0.138 e. The van der Waals surface area contributed by atoms with Crippen LogP contribution < -0.4 is 0 Å². The van der Waals surface area contributed by atoms with E-state index in [4.69, 9.17) is 0 Å². The van der Waals surface area contributed by atoms with Gasteiger partial charge in [0.25, 0.3) is 0 Å². The average molecular weight is 144 g/mol. The van der Waals surface area contributed by atoms with E-state index >= 15 is 0 Å². The highest BCUT2D eigenvalue weighted by molar-refractivity contribution is 5.20. The highest BCUT2D eigenvalue weighted by Gasteiger charge is 1.92. The minimum atomic E-state index is 0.838. The van der Waals surface area contributed by atoms with Crippen molar-refractivity contribution in [3.05, 3.63) is 43.1 Å². The number of nitrogens with zero attached hydrogens (tertiary/aromatic N) is 3. The lowest BCUT2D eigenvalue weighted by Crippen LogP contribution is -1.92. The van der Waals surface area contributed by atoms with E-state index in [2.05, 4.69) is 16.2 Å². The molecule has 0 aliphatic carbocycles. The molecule has 0 spiro atoms. The van der Waals surface area contributed by atoms with Crippen LogP contribution >= 0.6 is 0 Å². The highest BCUT2D eigenvalue weighted by atomic mass is 15.1. The fourth-order valence-electron chi connectivity index (χ4n) is 0.850. The van der Waals surface area contributed by atoms with Crippen molar-refractivity contribution in [3.63, 3.8) is 0 Å². The first kappa shape index (κ1) is 6.09. The molecule has 3 heteroatoms. The van der Waals surface area contributed by atoms with Crippen molar-refractivity contribution in [2.24, 2.45) is 0 Å². The molecule has 1 radical (unpaired) electrons. The minimum Gasteiger partial charge on any atom is -0.281 e. The Morgan fingerprint density at radius 3 is 3.00 bits per heavy atom. The van der Waals surface area contributed by atoms with Crippen LogP contribution in [0.25, 0.3) is 5.82 Å². The number of pyridine rings is 1. The maximum Gasteiger partial charge on any atom is 0.138 e. The number of imidazole rings is 1. The van der Waals surface area contributed by atoms with Crippen molar-refractivity contribution < 1.29 is 0 Å².